The average Bonchev–Trinajstić information content (AvgIpc) is 3.17. The van der Waals surface area contributed by atoms with Crippen molar-refractivity contribution in [3.63, 3.8) is 0 Å². The summed E-state index contributed by atoms with van der Waals surface area (Å²) in [6.07, 6.45) is 6.11. The number of nitrogens with one attached hydrogen (secondary N) is 2. The number of fused-ring (bicyclic) bond motifs is 1. The van der Waals surface area contributed by atoms with Gasteiger partial charge in [0.1, 0.15) is 0 Å². The van der Waals surface area contributed by atoms with E-state index in [1.807, 2.05) is 19.4 Å². The summed E-state index contributed by atoms with van der Waals surface area (Å²) in [5, 5.41) is 8.27. The Bertz CT molecular complexity index is 861. The third-order valence-corrected chi connectivity index (χ3v) is 4.39. The second-order valence-corrected chi connectivity index (χ2v) is 6.46. The SMILES string of the molecule is Cn1ccc(NC(=O)CN(Cc2ccc3[nH]ccc3c2)C2CC2)n1. The van der Waals surface area contributed by atoms with E-state index in [0.717, 1.165) is 12.1 Å². The molecule has 124 valence electrons. The summed E-state index contributed by atoms with van der Waals surface area (Å²) in [7, 11) is 1.84. The minimum atomic E-state index is -0.0108. The first-order valence-corrected chi connectivity index (χ1v) is 8.27. The summed E-state index contributed by atoms with van der Waals surface area (Å²) in [5.74, 6) is 0.593. The molecule has 2 aromatic heterocycles. The largest absolute Gasteiger partial charge is 0.361 e. The molecule has 6 nitrogen and oxygen atoms in total. The Morgan fingerprint density at radius 2 is 2.25 bits per heavy atom. The van der Waals surface area contributed by atoms with Gasteiger partial charge in [0.25, 0.3) is 0 Å². The number of aryl methyl sites for hydroxylation is 1. The quantitative estimate of drug-likeness (QED) is 0.732. The zero-order valence-corrected chi connectivity index (χ0v) is 13.7. The van der Waals surface area contributed by atoms with Crippen LogP contribution in [0.25, 0.3) is 10.9 Å². The lowest BCUT2D eigenvalue weighted by molar-refractivity contribution is -0.117. The molecule has 1 saturated carbocycles. The van der Waals surface area contributed by atoms with Crippen LogP contribution >= 0.6 is 0 Å². The predicted octanol–water partition coefficient (Wildman–Crippen LogP) is 2.50. The number of aromatic nitrogens is 3. The summed E-state index contributed by atoms with van der Waals surface area (Å²) in [6, 6.07) is 10.8. The lowest BCUT2D eigenvalue weighted by atomic mass is 10.1. The number of amides is 1. The Labute approximate surface area is 140 Å². The van der Waals surface area contributed by atoms with E-state index < -0.39 is 0 Å². The van der Waals surface area contributed by atoms with Gasteiger partial charge in [-0.3, -0.25) is 14.4 Å². The Morgan fingerprint density at radius 3 is 3.00 bits per heavy atom. The highest BCUT2D eigenvalue weighted by Crippen LogP contribution is 2.28. The highest BCUT2D eigenvalue weighted by atomic mass is 16.2. The second kappa shape index (κ2) is 6.13. The molecule has 2 N–H and O–H groups in total. The fourth-order valence-electron chi connectivity index (χ4n) is 3.04. The number of anilines is 1. The summed E-state index contributed by atoms with van der Waals surface area (Å²) >= 11 is 0. The molecule has 0 aliphatic heterocycles. The van der Waals surface area contributed by atoms with E-state index >= 15 is 0 Å². The summed E-state index contributed by atoms with van der Waals surface area (Å²) in [4.78, 5) is 17.8. The maximum absolute atomic E-state index is 12.3. The van der Waals surface area contributed by atoms with Crippen molar-refractivity contribution in [3.8, 4) is 0 Å². The van der Waals surface area contributed by atoms with E-state index in [-0.39, 0.29) is 5.91 Å². The number of carbonyl (C=O) groups is 1. The zero-order chi connectivity index (χ0) is 16.5. The van der Waals surface area contributed by atoms with E-state index in [0.29, 0.717) is 18.4 Å². The smallest absolute Gasteiger partial charge is 0.239 e. The third kappa shape index (κ3) is 3.33. The van der Waals surface area contributed by atoms with Crippen molar-refractivity contribution >= 4 is 22.6 Å². The van der Waals surface area contributed by atoms with Gasteiger partial charge < -0.3 is 10.3 Å². The van der Waals surface area contributed by atoms with Crippen LogP contribution in [0.4, 0.5) is 5.82 Å². The standard InChI is InChI=1S/C18H21N5O/c1-22-9-7-17(21-22)20-18(24)12-23(15-3-4-15)11-13-2-5-16-14(10-13)6-8-19-16/h2,5-10,15,19H,3-4,11-12H2,1H3,(H,20,21,24). The Hall–Kier alpha value is -2.60. The van der Waals surface area contributed by atoms with Crippen molar-refractivity contribution < 1.29 is 4.79 Å². The number of carbonyl (C=O) groups excluding carboxylic acids is 1. The van der Waals surface area contributed by atoms with Gasteiger partial charge in [-0.25, -0.2) is 0 Å². The van der Waals surface area contributed by atoms with Gasteiger partial charge in [0.15, 0.2) is 5.82 Å². The van der Waals surface area contributed by atoms with Gasteiger partial charge in [0.2, 0.25) is 5.91 Å². The maximum Gasteiger partial charge on any atom is 0.239 e. The average molecular weight is 323 g/mol. The van der Waals surface area contributed by atoms with Crippen molar-refractivity contribution in [2.75, 3.05) is 11.9 Å². The molecule has 0 radical (unpaired) electrons. The first-order valence-electron chi connectivity index (χ1n) is 8.27. The molecule has 1 aliphatic carbocycles. The number of hydrogen-bond acceptors (Lipinski definition) is 3. The van der Waals surface area contributed by atoms with Crippen LogP contribution in [-0.4, -0.2) is 38.2 Å². The molecule has 0 atom stereocenters. The van der Waals surface area contributed by atoms with Crippen LogP contribution in [0.5, 0.6) is 0 Å². The molecule has 0 spiro atoms. The Morgan fingerprint density at radius 1 is 1.38 bits per heavy atom. The Balaban J connectivity index is 1.43. The summed E-state index contributed by atoms with van der Waals surface area (Å²) < 4.78 is 1.68. The molecule has 4 rings (SSSR count). The molecule has 0 unspecified atom stereocenters. The van der Waals surface area contributed by atoms with Crippen molar-refractivity contribution in [2.24, 2.45) is 7.05 Å². The Kier molecular flexibility index (Phi) is 3.82. The topological polar surface area (TPSA) is 66.0 Å². The number of H-pyrrole nitrogens is 1. The molecule has 1 aromatic carbocycles. The zero-order valence-electron chi connectivity index (χ0n) is 13.7. The molecule has 24 heavy (non-hydrogen) atoms. The predicted molar refractivity (Wildman–Crippen MR) is 93.6 cm³/mol. The van der Waals surface area contributed by atoms with Gasteiger partial charge in [-0.2, -0.15) is 5.10 Å². The van der Waals surface area contributed by atoms with Crippen LogP contribution in [0.2, 0.25) is 0 Å². The fraction of sp³-hybridized carbons (Fsp3) is 0.333. The highest BCUT2D eigenvalue weighted by Gasteiger charge is 2.30. The number of nitrogens with zero attached hydrogens (tertiary/aromatic N) is 3. The molecule has 1 fully saturated rings. The van der Waals surface area contributed by atoms with E-state index in [1.165, 1.54) is 23.8 Å². The van der Waals surface area contributed by atoms with Gasteiger partial charge in [0.05, 0.1) is 6.54 Å². The van der Waals surface area contributed by atoms with Crippen molar-refractivity contribution in [2.45, 2.75) is 25.4 Å². The molecule has 2 heterocycles. The third-order valence-electron chi connectivity index (χ3n) is 4.39. The highest BCUT2D eigenvalue weighted by molar-refractivity contribution is 5.91. The van der Waals surface area contributed by atoms with Crippen molar-refractivity contribution in [1.82, 2.24) is 19.7 Å². The molecule has 6 heteroatoms. The van der Waals surface area contributed by atoms with Gasteiger partial charge in [-0.15, -0.1) is 0 Å². The lowest BCUT2D eigenvalue weighted by Gasteiger charge is -2.21. The monoisotopic (exact) mass is 323 g/mol. The lowest BCUT2D eigenvalue weighted by Crippen LogP contribution is -2.34. The van der Waals surface area contributed by atoms with Crippen LogP contribution in [0.1, 0.15) is 18.4 Å². The molecule has 1 aliphatic rings. The number of benzene rings is 1. The van der Waals surface area contributed by atoms with E-state index in [4.69, 9.17) is 0 Å². The molecule has 0 saturated heterocycles. The van der Waals surface area contributed by atoms with Crippen molar-refractivity contribution in [3.05, 3.63) is 48.3 Å². The first-order chi connectivity index (χ1) is 11.7. The van der Waals surface area contributed by atoms with Crippen LogP contribution < -0.4 is 5.32 Å². The van der Waals surface area contributed by atoms with Gasteiger partial charge in [-0.1, -0.05) is 6.07 Å². The normalized spacial score (nSPS) is 14.4. The first kappa shape index (κ1) is 15.0. The van der Waals surface area contributed by atoms with Crippen LogP contribution in [0.15, 0.2) is 42.7 Å². The van der Waals surface area contributed by atoms with Crippen molar-refractivity contribution in [1.29, 1.82) is 0 Å². The van der Waals surface area contributed by atoms with Crippen LogP contribution in [0, 0.1) is 0 Å². The second-order valence-electron chi connectivity index (χ2n) is 6.46. The summed E-state index contributed by atoms with van der Waals surface area (Å²) in [6.45, 7) is 1.19. The van der Waals surface area contributed by atoms with Gasteiger partial charge >= 0.3 is 0 Å². The van der Waals surface area contributed by atoms with Gasteiger partial charge in [-0.05, 0) is 42.0 Å². The van der Waals surface area contributed by atoms with E-state index in [2.05, 4.69) is 44.6 Å². The van der Waals surface area contributed by atoms with Crippen LogP contribution in [-0.2, 0) is 18.4 Å². The molecule has 1 amide bonds. The molecule has 0 bridgehead atoms. The van der Waals surface area contributed by atoms with E-state index in [9.17, 15) is 4.79 Å². The minimum absolute atomic E-state index is 0.0108. The van der Waals surface area contributed by atoms with Gasteiger partial charge in [0, 0.05) is 43.6 Å². The maximum atomic E-state index is 12.3. The van der Waals surface area contributed by atoms with Crippen LogP contribution in [0.3, 0.4) is 0 Å². The number of aromatic amines is 1. The molecular weight excluding hydrogens is 302 g/mol. The molecular formula is C18H21N5O. The number of rotatable bonds is 6. The molecule has 3 aromatic rings. The minimum Gasteiger partial charge on any atom is -0.361 e. The van der Waals surface area contributed by atoms with E-state index in [1.54, 1.807) is 10.7 Å². The summed E-state index contributed by atoms with van der Waals surface area (Å²) in [5.41, 5.74) is 2.38. The number of hydrogen-bond donors (Lipinski definition) is 2. The fourth-order valence-corrected chi connectivity index (χ4v) is 3.04.